The van der Waals surface area contributed by atoms with Gasteiger partial charge >= 0.3 is 0 Å². The van der Waals surface area contributed by atoms with Crippen LogP contribution in [-0.2, 0) is 0 Å². The maximum atomic E-state index is 9.67. The quantitative estimate of drug-likeness (QED) is 0.502. The summed E-state index contributed by atoms with van der Waals surface area (Å²) in [5, 5.41) is 23.1. The molecule has 2 aromatic carbocycles. The molecule has 7 nitrogen and oxygen atoms in total. The Labute approximate surface area is 166 Å². The second-order valence-corrected chi connectivity index (χ2v) is 6.76. The topological polar surface area (TPSA) is 106 Å². The highest BCUT2D eigenvalue weighted by atomic mass is 15.3. The van der Waals surface area contributed by atoms with Gasteiger partial charge in [-0.1, -0.05) is 60.2 Å². The van der Waals surface area contributed by atoms with E-state index in [0.29, 0.717) is 22.4 Å². The Morgan fingerprint density at radius 3 is 2.45 bits per heavy atom. The van der Waals surface area contributed by atoms with Crippen LogP contribution < -0.4 is 5.73 Å². The summed E-state index contributed by atoms with van der Waals surface area (Å²) < 4.78 is 1.63. The lowest BCUT2D eigenvalue weighted by Gasteiger charge is -2.10. The molecule has 29 heavy (non-hydrogen) atoms. The number of pyridine rings is 1. The zero-order chi connectivity index (χ0) is 20.0. The fourth-order valence-electron chi connectivity index (χ4n) is 3.39. The molecule has 0 atom stereocenters. The summed E-state index contributed by atoms with van der Waals surface area (Å²) in [5.74, 6) is 0.139. The number of anilines is 1. The van der Waals surface area contributed by atoms with Crippen molar-refractivity contribution < 1.29 is 0 Å². The highest BCUT2D eigenvalue weighted by molar-refractivity contribution is 5.96. The van der Waals surface area contributed by atoms with Gasteiger partial charge in [0.2, 0.25) is 0 Å². The summed E-state index contributed by atoms with van der Waals surface area (Å²) in [7, 11) is 0. The van der Waals surface area contributed by atoms with Crippen LogP contribution in [0.3, 0.4) is 0 Å². The summed E-state index contributed by atoms with van der Waals surface area (Å²) in [4.78, 5) is 4.44. The fraction of sp³-hybridized carbons (Fsp3) is 0.0455. The standard InChI is InChI=1S/C22H15N7/c1-13-7-9-14(10-8-13)17-11-18-26-27-20-19(15-5-3-2-4-6-15)16(12-23)21(24)25-22(20)29(18)28-17/h2-11H,1H3,(H2,24,25). The first-order valence-corrected chi connectivity index (χ1v) is 9.04. The third-order valence-electron chi connectivity index (χ3n) is 4.85. The van der Waals surface area contributed by atoms with Crippen molar-refractivity contribution in [2.45, 2.75) is 6.92 Å². The van der Waals surface area contributed by atoms with E-state index in [-0.39, 0.29) is 11.4 Å². The van der Waals surface area contributed by atoms with Crippen LogP contribution in [0.25, 0.3) is 39.2 Å². The maximum absolute atomic E-state index is 9.67. The highest BCUT2D eigenvalue weighted by Gasteiger charge is 2.20. The number of aryl methyl sites for hydroxylation is 1. The van der Waals surface area contributed by atoms with Gasteiger partial charge in [-0.3, -0.25) is 0 Å². The van der Waals surface area contributed by atoms with E-state index in [1.54, 1.807) is 4.52 Å². The van der Waals surface area contributed by atoms with Crippen LogP contribution in [-0.4, -0.2) is 24.8 Å². The smallest absolute Gasteiger partial charge is 0.186 e. The van der Waals surface area contributed by atoms with E-state index >= 15 is 0 Å². The van der Waals surface area contributed by atoms with Crippen molar-refractivity contribution in [3.63, 3.8) is 0 Å². The minimum atomic E-state index is 0.139. The summed E-state index contributed by atoms with van der Waals surface area (Å²) in [6.45, 7) is 2.04. The summed E-state index contributed by atoms with van der Waals surface area (Å²) in [5.41, 5.74) is 12.3. The molecule has 0 aliphatic rings. The molecule has 0 amide bonds. The second kappa shape index (κ2) is 6.39. The zero-order valence-corrected chi connectivity index (χ0v) is 15.5. The van der Waals surface area contributed by atoms with Crippen LogP contribution in [0.15, 0.2) is 60.7 Å². The Morgan fingerprint density at radius 2 is 1.72 bits per heavy atom. The Kier molecular flexibility index (Phi) is 3.71. The van der Waals surface area contributed by atoms with Gasteiger partial charge in [0.1, 0.15) is 23.0 Å². The van der Waals surface area contributed by atoms with Gasteiger partial charge in [0, 0.05) is 17.2 Å². The second-order valence-electron chi connectivity index (χ2n) is 6.76. The molecule has 0 unspecified atom stereocenters. The molecule has 0 aliphatic carbocycles. The first kappa shape index (κ1) is 16.8. The van der Waals surface area contributed by atoms with Crippen LogP contribution >= 0.6 is 0 Å². The molecule has 0 radical (unpaired) electrons. The van der Waals surface area contributed by atoms with Gasteiger partial charge in [-0.15, -0.1) is 10.2 Å². The van der Waals surface area contributed by atoms with Crippen LogP contribution in [0.1, 0.15) is 11.1 Å². The average molecular weight is 377 g/mol. The van der Waals surface area contributed by atoms with Crippen molar-refractivity contribution in [2.75, 3.05) is 5.73 Å². The number of hydrogen-bond donors (Lipinski definition) is 1. The molecule has 7 heteroatoms. The van der Waals surface area contributed by atoms with Crippen LogP contribution in [0.4, 0.5) is 5.82 Å². The monoisotopic (exact) mass is 377 g/mol. The van der Waals surface area contributed by atoms with Gasteiger partial charge in [-0.05, 0) is 12.5 Å². The molecule has 0 aliphatic heterocycles. The highest BCUT2D eigenvalue weighted by Crippen LogP contribution is 2.33. The molecule has 3 heterocycles. The number of nitrogen functional groups attached to an aromatic ring is 1. The molecule has 5 rings (SSSR count). The molecular formula is C22H15N7. The van der Waals surface area contributed by atoms with E-state index in [4.69, 9.17) is 5.73 Å². The maximum Gasteiger partial charge on any atom is 0.186 e. The third-order valence-corrected chi connectivity index (χ3v) is 4.85. The lowest BCUT2D eigenvalue weighted by molar-refractivity contribution is 0.929. The van der Waals surface area contributed by atoms with Gasteiger partial charge in [-0.25, -0.2) is 4.98 Å². The third kappa shape index (κ3) is 2.66. The Morgan fingerprint density at radius 1 is 0.966 bits per heavy atom. The lowest BCUT2D eigenvalue weighted by Crippen LogP contribution is -2.06. The number of fused-ring (bicyclic) bond motifs is 3. The Hall–Kier alpha value is -4.31. The SMILES string of the molecule is Cc1ccc(-c2cc3nnc4c(-c5ccccc5)c(C#N)c(N)nc4n3n2)cc1. The molecule has 0 saturated carbocycles. The molecule has 3 aromatic heterocycles. The summed E-state index contributed by atoms with van der Waals surface area (Å²) >= 11 is 0. The van der Waals surface area contributed by atoms with Gasteiger partial charge in [-0.2, -0.15) is 14.9 Å². The zero-order valence-electron chi connectivity index (χ0n) is 15.5. The molecule has 138 valence electrons. The van der Waals surface area contributed by atoms with Crippen molar-refractivity contribution in [1.29, 1.82) is 5.26 Å². The van der Waals surface area contributed by atoms with E-state index in [9.17, 15) is 5.26 Å². The molecule has 0 fully saturated rings. The Balaban J connectivity index is 1.83. The van der Waals surface area contributed by atoms with Crippen molar-refractivity contribution in [1.82, 2.24) is 24.8 Å². The van der Waals surface area contributed by atoms with E-state index in [0.717, 1.165) is 16.8 Å². The van der Waals surface area contributed by atoms with Gasteiger partial charge < -0.3 is 5.73 Å². The number of nitrogens with zero attached hydrogens (tertiary/aromatic N) is 6. The van der Waals surface area contributed by atoms with Gasteiger partial charge in [0.25, 0.3) is 0 Å². The number of aromatic nitrogens is 5. The minimum Gasteiger partial charge on any atom is -0.383 e. The Bertz CT molecular complexity index is 1410. The fourth-order valence-corrected chi connectivity index (χ4v) is 3.39. The number of hydrogen-bond acceptors (Lipinski definition) is 6. The van der Waals surface area contributed by atoms with Crippen molar-refractivity contribution in [3.8, 4) is 28.5 Å². The minimum absolute atomic E-state index is 0.139. The first-order valence-electron chi connectivity index (χ1n) is 9.04. The number of nitriles is 1. The predicted molar refractivity (Wildman–Crippen MR) is 111 cm³/mol. The molecule has 0 saturated heterocycles. The van der Waals surface area contributed by atoms with Crippen LogP contribution in [0.2, 0.25) is 0 Å². The van der Waals surface area contributed by atoms with Crippen LogP contribution in [0, 0.1) is 18.3 Å². The normalized spacial score (nSPS) is 11.0. The molecule has 5 aromatic rings. The number of nitrogens with two attached hydrogens (primary N) is 1. The summed E-state index contributed by atoms with van der Waals surface area (Å²) in [6.07, 6.45) is 0. The summed E-state index contributed by atoms with van der Waals surface area (Å²) in [6, 6.07) is 21.6. The molecular weight excluding hydrogens is 362 g/mol. The first-order chi connectivity index (χ1) is 14.2. The van der Waals surface area contributed by atoms with Crippen molar-refractivity contribution in [2.24, 2.45) is 0 Å². The molecule has 2 N–H and O–H groups in total. The number of benzene rings is 2. The van der Waals surface area contributed by atoms with E-state index in [1.165, 1.54) is 5.56 Å². The predicted octanol–water partition coefficient (Wildman–Crippen LogP) is 3.77. The van der Waals surface area contributed by atoms with Crippen molar-refractivity contribution >= 4 is 22.6 Å². The van der Waals surface area contributed by atoms with E-state index in [2.05, 4.69) is 26.3 Å². The van der Waals surface area contributed by atoms with Gasteiger partial charge in [0.05, 0.1) is 5.69 Å². The number of rotatable bonds is 2. The van der Waals surface area contributed by atoms with E-state index < -0.39 is 0 Å². The molecule has 0 bridgehead atoms. The average Bonchev–Trinajstić information content (AvgIpc) is 3.19. The van der Waals surface area contributed by atoms with Gasteiger partial charge in [0.15, 0.2) is 11.3 Å². The lowest BCUT2D eigenvalue weighted by atomic mass is 10.0. The molecule has 0 spiro atoms. The van der Waals surface area contributed by atoms with Crippen LogP contribution in [0.5, 0.6) is 0 Å². The van der Waals surface area contributed by atoms with E-state index in [1.807, 2.05) is 67.6 Å². The largest absolute Gasteiger partial charge is 0.383 e. The van der Waals surface area contributed by atoms with Crippen molar-refractivity contribution in [3.05, 3.63) is 71.8 Å².